The molecule has 1 aromatic carbocycles. The van der Waals surface area contributed by atoms with E-state index in [1.54, 1.807) is 0 Å². The second kappa shape index (κ2) is 8.01. The summed E-state index contributed by atoms with van der Waals surface area (Å²) in [5, 5.41) is 3.19. The molecule has 0 aromatic heterocycles. The normalized spacial score (nSPS) is 31.1. The Labute approximate surface area is 161 Å². The predicted octanol–water partition coefficient (Wildman–Crippen LogP) is 2.60. The van der Waals surface area contributed by atoms with Crippen molar-refractivity contribution in [3.05, 3.63) is 35.9 Å². The number of ether oxygens (including phenoxy) is 1. The monoisotopic (exact) mass is 370 g/mol. The van der Waals surface area contributed by atoms with E-state index in [1.165, 1.54) is 5.56 Å². The van der Waals surface area contributed by atoms with Crippen LogP contribution in [0.15, 0.2) is 30.3 Å². The zero-order valence-electron chi connectivity index (χ0n) is 16.1. The topological polar surface area (TPSA) is 58.6 Å². The minimum Gasteiger partial charge on any atom is -0.381 e. The van der Waals surface area contributed by atoms with Crippen molar-refractivity contribution in [3.63, 3.8) is 0 Å². The van der Waals surface area contributed by atoms with Gasteiger partial charge in [0.2, 0.25) is 11.8 Å². The molecule has 0 unspecified atom stereocenters. The number of nitrogens with zero attached hydrogens (tertiary/aromatic N) is 1. The molecule has 2 heterocycles. The summed E-state index contributed by atoms with van der Waals surface area (Å²) >= 11 is 0. The van der Waals surface area contributed by atoms with Crippen molar-refractivity contribution in [2.45, 2.75) is 45.2 Å². The Morgan fingerprint density at radius 3 is 2.70 bits per heavy atom. The third-order valence-electron chi connectivity index (χ3n) is 6.82. The molecule has 5 nitrogen and oxygen atoms in total. The van der Waals surface area contributed by atoms with Crippen LogP contribution in [0.3, 0.4) is 0 Å². The van der Waals surface area contributed by atoms with Gasteiger partial charge < -0.3 is 15.0 Å². The zero-order chi connectivity index (χ0) is 18.8. The first-order valence-electron chi connectivity index (χ1n) is 10.3. The quantitative estimate of drug-likeness (QED) is 0.867. The van der Waals surface area contributed by atoms with E-state index in [-0.39, 0.29) is 17.7 Å². The van der Waals surface area contributed by atoms with E-state index >= 15 is 0 Å². The van der Waals surface area contributed by atoms with E-state index in [0.29, 0.717) is 56.5 Å². The lowest BCUT2D eigenvalue weighted by molar-refractivity contribution is -0.129. The number of rotatable bonds is 5. The fourth-order valence-corrected chi connectivity index (χ4v) is 5.25. The average molecular weight is 370 g/mol. The number of hydrogen-bond donors (Lipinski definition) is 1. The molecule has 5 heteroatoms. The summed E-state index contributed by atoms with van der Waals surface area (Å²) in [6, 6.07) is 10.6. The van der Waals surface area contributed by atoms with Crippen LogP contribution in [0.5, 0.6) is 0 Å². The summed E-state index contributed by atoms with van der Waals surface area (Å²) in [4.78, 5) is 27.2. The van der Waals surface area contributed by atoms with Crippen LogP contribution in [-0.2, 0) is 20.9 Å². The molecule has 4 rings (SSSR count). The molecular formula is C22H30N2O3. The average Bonchev–Trinajstić information content (AvgIpc) is 3.15. The molecule has 0 bridgehead atoms. The van der Waals surface area contributed by atoms with E-state index in [9.17, 15) is 9.59 Å². The van der Waals surface area contributed by atoms with Crippen molar-refractivity contribution >= 4 is 11.8 Å². The van der Waals surface area contributed by atoms with Crippen LogP contribution in [0.1, 0.15) is 38.2 Å². The number of nitrogens with one attached hydrogen (secondary N) is 1. The van der Waals surface area contributed by atoms with Crippen LogP contribution < -0.4 is 5.32 Å². The Morgan fingerprint density at radius 2 is 1.96 bits per heavy atom. The number of carbonyl (C=O) groups is 2. The van der Waals surface area contributed by atoms with E-state index in [4.69, 9.17) is 4.74 Å². The van der Waals surface area contributed by atoms with Crippen LogP contribution in [-0.4, -0.2) is 42.5 Å². The first kappa shape index (κ1) is 18.5. The highest BCUT2D eigenvalue weighted by molar-refractivity contribution is 5.80. The number of amides is 2. The first-order chi connectivity index (χ1) is 13.1. The third kappa shape index (κ3) is 3.88. The van der Waals surface area contributed by atoms with Crippen LogP contribution >= 0.6 is 0 Å². The summed E-state index contributed by atoms with van der Waals surface area (Å²) in [6.07, 6.45) is 3.31. The summed E-state index contributed by atoms with van der Waals surface area (Å²) < 4.78 is 5.35. The van der Waals surface area contributed by atoms with E-state index in [2.05, 4.69) is 29.3 Å². The second-order valence-corrected chi connectivity index (χ2v) is 8.45. The standard InChI is InChI=1S/C22H30N2O3/c1-15-11-20-18(12-21(25)24(20)14-16-5-3-2-4-6-16)19(15)13-23-22(26)17-7-9-27-10-8-17/h2-6,15,17-20H,7-14H2,1H3,(H,23,26)/t15-,18-,19+,20+/m0/s1. The maximum atomic E-state index is 12.7. The van der Waals surface area contributed by atoms with Crippen LogP contribution in [0.2, 0.25) is 0 Å². The molecule has 0 spiro atoms. The minimum absolute atomic E-state index is 0.0889. The van der Waals surface area contributed by atoms with Crippen LogP contribution in [0.4, 0.5) is 0 Å². The Morgan fingerprint density at radius 1 is 1.22 bits per heavy atom. The van der Waals surface area contributed by atoms with Crippen molar-refractivity contribution in [1.29, 1.82) is 0 Å². The van der Waals surface area contributed by atoms with Gasteiger partial charge in [-0.15, -0.1) is 0 Å². The molecule has 2 aliphatic heterocycles. The van der Waals surface area contributed by atoms with Crippen molar-refractivity contribution in [2.24, 2.45) is 23.7 Å². The number of carbonyl (C=O) groups excluding carboxylic acids is 2. The van der Waals surface area contributed by atoms with Crippen molar-refractivity contribution < 1.29 is 14.3 Å². The fourth-order valence-electron chi connectivity index (χ4n) is 5.25. The molecule has 1 saturated carbocycles. The predicted molar refractivity (Wildman–Crippen MR) is 103 cm³/mol. The van der Waals surface area contributed by atoms with Crippen molar-refractivity contribution in [1.82, 2.24) is 10.2 Å². The highest BCUT2D eigenvalue weighted by Crippen LogP contribution is 2.46. The van der Waals surface area contributed by atoms with Gasteiger partial charge in [0.25, 0.3) is 0 Å². The highest BCUT2D eigenvalue weighted by Gasteiger charge is 2.50. The number of benzene rings is 1. The SMILES string of the molecule is C[C@H]1C[C@@H]2[C@@H](CC(=O)N2Cc2ccccc2)[C@@H]1CNC(=O)C1CCOCC1. The molecule has 27 heavy (non-hydrogen) atoms. The van der Waals surface area contributed by atoms with Gasteiger partial charge in [0.05, 0.1) is 0 Å². The summed E-state index contributed by atoms with van der Waals surface area (Å²) in [5.74, 6) is 1.81. The Balaban J connectivity index is 1.37. The zero-order valence-corrected chi connectivity index (χ0v) is 16.1. The summed E-state index contributed by atoms with van der Waals surface area (Å²) in [6.45, 7) is 5.05. The van der Waals surface area contributed by atoms with Gasteiger partial charge in [0.15, 0.2) is 0 Å². The largest absolute Gasteiger partial charge is 0.381 e. The van der Waals surface area contributed by atoms with Gasteiger partial charge in [-0.1, -0.05) is 37.3 Å². The molecule has 3 aliphatic rings. The molecule has 4 atom stereocenters. The summed E-state index contributed by atoms with van der Waals surface area (Å²) in [5.41, 5.74) is 1.19. The Hall–Kier alpha value is -1.88. The van der Waals surface area contributed by atoms with Crippen molar-refractivity contribution in [2.75, 3.05) is 19.8 Å². The lowest BCUT2D eigenvalue weighted by atomic mass is 9.88. The molecule has 3 fully saturated rings. The van der Waals surface area contributed by atoms with Gasteiger partial charge in [-0.05, 0) is 42.6 Å². The van der Waals surface area contributed by atoms with Gasteiger partial charge >= 0.3 is 0 Å². The summed E-state index contributed by atoms with van der Waals surface area (Å²) in [7, 11) is 0. The number of fused-ring (bicyclic) bond motifs is 1. The van der Waals surface area contributed by atoms with Crippen LogP contribution in [0, 0.1) is 23.7 Å². The van der Waals surface area contributed by atoms with Crippen LogP contribution in [0.25, 0.3) is 0 Å². The molecule has 1 aromatic rings. The molecule has 146 valence electrons. The van der Waals surface area contributed by atoms with Crippen molar-refractivity contribution in [3.8, 4) is 0 Å². The lowest BCUT2D eigenvalue weighted by Gasteiger charge is -2.25. The molecule has 2 amide bonds. The van der Waals surface area contributed by atoms with E-state index in [0.717, 1.165) is 19.3 Å². The second-order valence-electron chi connectivity index (χ2n) is 8.45. The Bertz CT molecular complexity index is 671. The van der Waals surface area contributed by atoms with E-state index < -0.39 is 0 Å². The number of hydrogen-bond acceptors (Lipinski definition) is 3. The van der Waals surface area contributed by atoms with Gasteiger partial charge in [-0.3, -0.25) is 9.59 Å². The van der Waals surface area contributed by atoms with Gasteiger partial charge in [0, 0.05) is 44.7 Å². The van der Waals surface area contributed by atoms with Gasteiger partial charge in [-0.25, -0.2) is 0 Å². The van der Waals surface area contributed by atoms with E-state index in [1.807, 2.05) is 18.2 Å². The maximum absolute atomic E-state index is 12.7. The maximum Gasteiger partial charge on any atom is 0.223 e. The molecular weight excluding hydrogens is 340 g/mol. The Kier molecular flexibility index (Phi) is 5.48. The molecule has 1 aliphatic carbocycles. The highest BCUT2D eigenvalue weighted by atomic mass is 16.5. The fraction of sp³-hybridized carbons (Fsp3) is 0.636. The molecule has 0 radical (unpaired) electrons. The first-order valence-corrected chi connectivity index (χ1v) is 10.3. The van der Waals surface area contributed by atoms with Gasteiger partial charge in [0.1, 0.15) is 0 Å². The van der Waals surface area contributed by atoms with Gasteiger partial charge in [-0.2, -0.15) is 0 Å². The third-order valence-corrected chi connectivity index (χ3v) is 6.82. The smallest absolute Gasteiger partial charge is 0.223 e. The molecule has 1 N–H and O–H groups in total. The molecule has 2 saturated heterocycles. The number of likely N-dealkylation sites (tertiary alicyclic amines) is 1. The minimum atomic E-state index is 0.0889. The lowest BCUT2D eigenvalue weighted by Crippen LogP contribution is -2.39.